The summed E-state index contributed by atoms with van der Waals surface area (Å²) in [5.74, 6) is 0.496. The van der Waals surface area contributed by atoms with Gasteiger partial charge in [0.05, 0.1) is 17.5 Å². The molecule has 0 spiro atoms. The first-order chi connectivity index (χ1) is 12.2. The molecular formula is C19H11N3O3. The Hall–Kier alpha value is -3.85. The van der Waals surface area contributed by atoms with Gasteiger partial charge >= 0.3 is 5.63 Å². The molecule has 0 bridgehead atoms. The van der Waals surface area contributed by atoms with E-state index in [9.17, 15) is 10.1 Å². The first kappa shape index (κ1) is 14.7. The summed E-state index contributed by atoms with van der Waals surface area (Å²) >= 11 is 0. The van der Waals surface area contributed by atoms with Gasteiger partial charge in [0, 0.05) is 10.9 Å². The molecule has 0 saturated heterocycles. The minimum absolute atomic E-state index is 0.0268. The fraction of sp³-hybridized carbons (Fsp3) is 0. The molecule has 0 aliphatic carbocycles. The van der Waals surface area contributed by atoms with Crippen LogP contribution < -0.4 is 11.4 Å². The molecule has 1 aromatic carbocycles. The molecule has 25 heavy (non-hydrogen) atoms. The third-order valence-electron chi connectivity index (χ3n) is 3.86. The molecule has 0 unspecified atom stereocenters. The van der Waals surface area contributed by atoms with Crippen molar-refractivity contribution in [2.45, 2.75) is 0 Å². The van der Waals surface area contributed by atoms with Gasteiger partial charge in [-0.3, -0.25) is 0 Å². The number of benzene rings is 1. The van der Waals surface area contributed by atoms with Crippen LogP contribution >= 0.6 is 0 Å². The number of anilines is 1. The van der Waals surface area contributed by atoms with E-state index in [1.807, 2.05) is 18.2 Å². The number of furan rings is 1. The molecule has 0 aliphatic heterocycles. The van der Waals surface area contributed by atoms with Gasteiger partial charge in [0.25, 0.3) is 0 Å². The second kappa shape index (κ2) is 5.65. The summed E-state index contributed by atoms with van der Waals surface area (Å²) < 4.78 is 10.7. The Morgan fingerprint density at radius 1 is 1.08 bits per heavy atom. The second-order valence-electron chi connectivity index (χ2n) is 5.39. The maximum Gasteiger partial charge on any atom is 0.345 e. The highest BCUT2D eigenvalue weighted by Gasteiger charge is 2.17. The zero-order chi connectivity index (χ0) is 17.4. The topological polar surface area (TPSA) is 106 Å². The van der Waals surface area contributed by atoms with Crippen molar-refractivity contribution in [3.63, 3.8) is 0 Å². The van der Waals surface area contributed by atoms with Gasteiger partial charge in [0.15, 0.2) is 0 Å². The summed E-state index contributed by atoms with van der Waals surface area (Å²) in [7, 11) is 0. The van der Waals surface area contributed by atoms with Gasteiger partial charge in [-0.25, -0.2) is 9.78 Å². The van der Waals surface area contributed by atoms with E-state index in [1.54, 1.807) is 36.4 Å². The SMILES string of the molecule is N#Cc1c(-c2ccco2)cc(-c2cc3ccccc3oc2=O)nc1N. The van der Waals surface area contributed by atoms with E-state index < -0.39 is 5.63 Å². The Labute approximate surface area is 141 Å². The fourth-order valence-corrected chi connectivity index (χ4v) is 2.69. The largest absolute Gasteiger partial charge is 0.464 e. The lowest BCUT2D eigenvalue weighted by Gasteiger charge is -2.08. The van der Waals surface area contributed by atoms with Crippen LogP contribution in [0.3, 0.4) is 0 Å². The highest BCUT2D eigenvalue weighted by Crippen LogP contribution is 2.31. The summed E-state index contributed by atoms with van der Waals surface area (Å²) in [6, 6.07) is 15.9. The number of nitrogen functional groups attached to an aromatic ring is 1. The van der Waals surface area contributed by atoms with Gasteiger partial charge in [-0.05, 0) is 30.3 Å². The Balaban J connectivity index is 2.00. The predicted octanol–water partition coefficient (Wildman–Crippen LogP) is 3.57. The summed E-state index contributed by atoms with van der Waals surface area (Å²) in [6.07, 6.45) is 1.50. The molecule has 0 aliphatic rings. The predicted molar refractivity (Wildman–Crippen MR) is 92.5 cm³/mol. The zero-order valence-electron chi connectivity index (χ0n) is 12.9. The number of hydrogen-bond donors (Lipinski definition) is 1. The number of nitrogens with two attached hydrogens (primary N) is 1. The fourth-order valence-electron chi connectivity index (χ4n) is 2.69. The second-order valence-corrected chi connectivity index (χ2v) is 5.39. The molecule has 3 heterocycles. The monoisotopic (exact) mass is 329 g/mol. The normalized spacial score (nSPS) is 10.7. The number of pyridine rings is 1. The molecule has 2 N–H and O–H groups in total. The molecule has 0 amide bonds. The minimum atomic E-state index is -0.527. The average molecular weight is 329 g/mol. The van der Waals surface area contributed by atoms with E-state index in [1.165, 1.54) is 6.26 Å². The van der Waals surface area contributed by atoms with Gasteiger partial charge in [0.1, 0.15) is 28.8 Å². The number of hydrogen-bond acceptors (Lipinski definition) is 6. The van der Waals surface area contributed by atoms with Crippen molar-refractivity contribution >= 4 is 16.8 Å². The highest BCUT2D eigenvalue weighted by molar-refractivity contribution is 5.83. The Kier molecular flexibility index (Phi) is 3.33. The van der Waals surface area contributed by atoms with E-state index in [0.717, 1.165) is 5.39 Å². The summed E-state index contributed by atoms with van der Waals surface area (Å²) in [5, 5.41) is 10.1. The Morgan fingerprint density at radius 3 is 2.68 bits per heavy atom. The van der Waals surface area contributed by atoms with E-state index >= 15 is 0 Å². The first-order valence-electron chi connectivity index (χ1n) is 7.45. The van der Waals surface area contributed by atoms with Crippen LogP contribution in [0.25, 0.3) is 33.6 Å². The summed E-state index contributed by atoms with van der Waals surface area (Å²) in [6.45, 7) is 0. The number of aromatic nitrogens is 1. The molecule has 0 atom stereocenters. The molecule has 6 heteroatoms. The van der Waals surface area contributed by atoms with Gasteiger partial charge in [-0.2, -0.15) is 5.26 Å². The van der Waals surface area contributed by atoms with Crippen molar-refractivity contribution in [1.82, 2.24) is 4.98 Å². The molecule has 4 aromatic rings. The van der Waals surface area contributed by atoms with Crippen LogP contribution in [0.15, 0.2) is 68.4 Å². The molecular weight excluding hydrogens is 318 g/mol. The summed E-state index contributed by atoms with van der Waals surface area (Å²) in [4.78, 5) is 16.6. The van der Waals surface area contributed by atoms with Crippen LogP contribution in [-0.2, 0) is 0 Å². The lowest BCUT2D eigenvalue weighted by Crippen LogP contribution is -2.06. The molecule has 0 radical (unpaired) electrons. The molecule has 3 aromatic heterocycles. The average Bonchev–Trinajstić information content (AvgIpc) is 3.15. The quantitative estimate of drug-likeness (QED) is 0.563. The summed E-state index contributed by atoms with van der Waals surface area (Å²) in [5.41, 5.74) is 7.15. The van der Waals surface area contributed by atoms with Crippen molar-refractivity contribution in [3.05, 3.63) is 70.8 Å². The van der Waals surface area contributed by atoms with Crippen LogP contribution in [0.1, 0.15) is 5.56 Å². The number of nitrogens with zero attached hydrogens (tertiary/aromatic N) is 2. The van der Waals surface area contributed by atoms with Crippen molar-refractivity contribution in [1.29, 1.82) is 5.26 Å². The number of nitriles is 1. The van der Waals surface area contributed by atoms with E-state index in [2.05, 4.69) is 4.98 Å². The van der Waals surface area contributed by atoms with Crippen LogP contribution in [-0.4, -0.2) is 4.98 Å². The molecule has 0 fully saturated rings. The maximum absolute atomic E-state index is 12.4. The number of rotatable bonds is 2. The molecule has 6 nitrogen and oxygen atoms in total. The Bertz CT molecular complexity index is 1180. The molecule has 0 saturated carbocycles. The van der Waals surface area contributed by atoms with Crippen molar-refractivity contribution in [2.24, 2.45) is 0 Å². The number of para-hydroxylation sites is 1. The van der Waals surface area contributed by atoms with Crippen molar-refractivity contribution in [3.8, 4) is 28.7 Å². The van der Waals surface area contributed by atoms with Crippen LogP contribution in [0.4, 0.5) is 5.82 Å². The lowest BCUT2D eigenvalue weighted by atomic mass is 10.0. The maximum atomic E-state index is 12.4. The third-order valence-corrected chi connectivity index (χ3v) is 3.86. The van der Waals surface area contributed by atoms with Gasteiger partial charge in [0.2, 0.25) is 0 Å². The van der Waals surface area contributed by atoms with Crippen LogP contribution in [0, 0.1) is 11.3 Å². The smallest absolute Gasteiger partial charge is 0.345 e. The van der Waals surface area contributed by atoms with Crippen LogP contribution in [0.2, 0.25) is 0 Å². The third kappa shape index (κ3) is 2.44. The van der Waals surface area contributed by atoms with Crippen LogP contribution in [0.5, 0.6) is 0 Å². The minimum Gasteiger partial charge on any atom is -0.464 e. The van der Waals surface area contributed by atoms with E-state index in [0.29, 0.717) is 22.6 Å². The van der Waals surface area contributed by atoms with Crippen molar-refractivity contribution in [2.75, 3.05) is 5.73 Å². The highest BCUT2D eigenvalue weighted by atomic mass is 16.4. The van der Waals surface area contributed by atoms with Crippen molar-refractivity contribution < 1.29 is 8.83 Å². The zero-order valence-corrected chi connectivity index (χ0v) is 12.9. The lowest BCUT2D eigenvalue weighted by molar-refractivity contribution is 0.563. The van der Waals surface area contributed by atoms with Gasteiger partial charge in [-0.15, -0.1) is 0 Å². The number of fused-ring (bicyclic) bond motifs is 1. The van der Waals surface area contributed by atoms with E-state index in [-0.39, 0.29) is 16.9 Å². The Morgan fingerprint density at radius 2 is 1.92 bits per heavy atom. The van der Waals surface area contributed by atoms with Gasteiger partial charge in [-0.1, -0.05) is 18.2 Å². The molecule has 4 rings (SSSR count). The van der Waals surface area contributed by atoms with Gasteiger partial charge < -0.3 is 14.6 Å². The van der Waals surface area contributed by atoms with E-state index in [4.69, 9.17) is 14.6 Å². The standard InChI is InChI=1S/C19H11N3O3/c20-10-14-12(17-6-3-7-24-17)9-15(22-18(14)21)13-8-11-4-1-2-5-16(11)25-19(13)23/h1-9H,(H2,21,22). The first-order valence-corrected chi connectivity index (χ1v) is 7.45. The molecule has 120 valence electrons.